The molecule has 1 amide bonds. The van der Waals surface area contributed by atoms with Crippen molar-refractivity contribution < 1.29 is 4.79 Å². The van der Waals surface area contributed by atoms with Gasteiger partial charge in [-0.25, -0.2) is 4.98 Å². The number of rotatable bonds is 6. The molecule has 1 saturated heterocycles. The van der Waals surface area contributed by atoms with Gasteiger partial charge in [0.15, 0.2) is 0 Å². The minimum absolute atomic E-state index is 0.0853. The topological polar surface area (TPSA) is 48.5 Å². The Morgan fingerprint density at radius 2 is 2.03 bits per heavy atom. The van der Waals surface area contributed by atoms with Gasteiger partial charge in [0.1, 0.15) is 9.88 Å². The summed E-state index contributed by atoms with van der Waals surface area (Å²) in [5.41, 5.74) is 3.87. The molecule has 156 valence electrons. The zero-order chi connectivity index (χ0) is 20.5. The largest absolute Gasteiger partial charge is 0.369 e. The van der Waals surface area contributed by atoms with Crippen LogP contribution in [0.25, 0.3) is 10.6 Å². The maximum Gasteiger partial charge on any atom is 0.267 e. The summed E-state index contributed by atoms with van der Waals surface area (Å²) in [5, 5.41) is 8.07. The molecule has 0 spiro atoms. The Morgan fingerprint density at radius 3 is 2.77 bits per heavy atom. The summed E-state index contributed by atoms with van der Waals surface area (Å²) in [6.07, 6.45) is 2.83. The van der Waals surface area contributed by atoms with E-state index in [1.165, 1.54) is 36.4 Å². The molecule has 1 aliphatic carbocycles. The van der Waals surface area contributed by atoms with E-state index in [9.17, 15) is 4.79 Å². The summed E-state index contributed by atoms with van der Waals surface area (Å²) >= 11 is 3.09. The lowest BCUT2D eigenvalue weighted by molar-refractivity contribution is 0.103. The van der Waals surface area contributed by atoms with E-state index in [4.69, 9.17) is 0 Å². The van der Waals surface area contributed by atoms with E-state index >= 15 is 0 Å². The smallest absolute Gasteiger partial charge is 0.267 e. The molecule has 5 rings (SSSR count). The van der Waals surface area contributed by atoms with E-state index in [2.05, 4.69) is 37.6 Å². The van der Waals surface area contributed by atoms with Crippen LogP contribution in [0.1, 0.15) is 28.2 Å². The Balaban J connectivity index is 1.24. The van der Waals surface area contributed by atoms with Crippen molar-refractivity contribution in [2.24, 2.45) is 5.92 Å². The average Bonchev–Trinajstić information content (AvgIpc) is 3.24. The highest BCUT2D eigenvalue weighted by Gasteiger charge is 2.26. The van der Waals surface area contributed by atoms with Crippen LogP contribution in [0.5, 0.6) is 0 Å². The third-order valence-corrected chi connectivity index (χ3v) is 7.71. The molecule has 1 aromatic carbocycles. The number of nitrogens with one attached hydrogen (secondary N) is 1. The van der Waals surface area contributed by atoms with Crippen LogP contribution >= 0.6 is 22.7 Å². The lowest BCUT2D eigenvalue weighted by Crippen LogP contribution is -2.47. The number of aryl methyl sites for hydroxylation is 1. The molecule has 2 fully saturated rings. The van der Waals surface area contributed by atoms with Gasteiger partial charge in [-0.3, -0.25) is 9.69 Å². The van der Waals surface area contributed by atoms with Gasteiger partial charge in [0, 0.05) is 55.0 Å². The van der Waals surface area contributed by atoms with Gasteiger partial charge in [0.25, 0.3) is 5.91 Å². The molecule has 7 heteroatoms. The normalized spacial score (nSPS) is 17.3. The molecular formula is C23H26N4OS2. The molecule has 2 aromatic heterocycles. The minimum Gasteiger partial charge on any atom is -0.369 e. The van der Waals surface area contributed by atoms with E-state index < -0.39 is 0 Å². The van der Waals surface area contributed by atoms with Gasteiger partial charge >= 0.3 is 0 Å². The first-order chi connectivity index (χ1) is 14.7. The molecule has 2 aliphatic rings. The number of piperazine rings is 1. The summed E-state index contributed by atoms with van der Waals surface area (Å²) in [7, 11) is 0. The first kappa shape index (κ1) is 19.7. The standard InChI is InChI=1S/C23H26N4OS2/c1-16-21(30-23(24-16)18-7-12-29-15-18)22(28)25-19-3-2-4-20(13-19)27-10-8-26(9-11-27)14-17-5-6-17/h2-4,7,12-13,15,17H,5-6,8-11,14H2,1H3,(H,25,28). The van der Waals surface area contributed by atoms with Crippen LogP contribution in [0, 0.1) is 12.8 Å². The predicted molar refractivity (Wildman–Crippen MR) is 126 cm³/mol. The highest BCUT2D eigenvalue weighted by molar-refractivity contribution is 7.17. The Hall–Kier alpha value is -2.22. The molecule has 0 atom stereocenters. The van der Waals surface area contributed by atoms with Crippen LogP contribution < -0.4 is 10.2 Å². The van der Waals surface area contributed by atoms with Gasteiger partial charge in [-0.1, -0.05) is 6.07 Å². The van der Waals surface area contributed by atoms with Crippen LogP contribution in [0.15, 0.2) is 41.1 Å². The van der Waals surface area contributed by atoms with E-state index in [0.29, 0.717) is 4.88 Å². The summed E-state index contributed by atoms with van der Waals surface area (Å²) in [5.74, 6) is 0.864. The quantitative estimate of drug-likeness (QED) is 0.591. The second-order valence-electron chi connectivity index (χ2n) is 8.18. The fraction of sp³-hybridized carbons (Fsp3) is 0.391. The van der Waals surface area contributed by atoms with Crippen LogP contribution in [0.3, 0.4) is 0 Å². The van der Waals surface area contributed by atoms with Crippen molar-refractivity contribution in [3.8, 4) is 10.6 Å². The third kappa shape index (κ3) is 4.43. The second-order valence-corrected chi connectivity index (χ2v) is 9.96. The predicted octanol–water partition coefficient (Wildman–Crippen LogP) is 4.96. The summed E-state index contributed by atoms with van der Waals surface area (Å²) < 4.78 is 0. The monoisotopic (exact) mass is 438 g/mol. The molecular weight excluding hydrogens is 412 g/mol. The molecule has 0 unspecified atom stereocenters. The van der Waals surface area contributed by atoms with E-state index in [0.717, 1.165) is 54.0 Å². The summed E-state index contributed by atoms with van der Waals surface area (Å²) in [6, 6.07) is 10.3. The molecule has 1 N–H and O–H groups in total. The van der Waals surface area contributed by atoms with Gasteiger partial charge in [0.2, 0.25) is 0 Å². The first-order valence-electron chi connectivity index (χ1n) is 10.5. The van der Waals surface area contributed by atoms with Crippen molar-refractivity contribution in [1.29, 1.82) is 0 Å². The van der Waals surface area contributed by atoms with Crippen LogP contribution in [-0.2, 0) is 0 Å². The zero-order valence-electron chi connectivity index (χ0n) is 17.1. The third-order valence-electron chi connectivity index (χ3n) is 5.83. The second kappa shape index (κ2) is 8.49. The summed E-state index contributed by atoms with van der Waals surface area (Å²) in [6.45, 7) is 7.51. The SMILES string of the molecule is Cc1nc(-c2ccsc2)sc1C(=O)Nc1cccc(N2CCN(CC3CC3)CC2)c1. The average molecular weight is 439 g/mol. The van der Waals surface area contributed by atoms with Gasteiger partial charge in [-0.2, -0.15) is 11.3 Å². The van der Waals surface area contributed by atoms with Gasteiger partial charge in [0.05, 0.1) is 5.69 Å². The Bertz CT molecular complexity index is 1020. The molecule has 5 nitrogen and oxygen atoms in total. The number of thiazole rings is 1. The number of anilines is 2. The van der Waals surface area contributed by atoms with Crippen molar-refractivity contribution in [2.45, 2.75) is 19.8 Å². The zero-order valence-corrected chi connectivity index (χ0v) is 18.8. The van der Waals surface area contributed by atoms with E-state index in [1.54, 1.807) is 11.3 Å². The van der Waals surface area contributed by atoms with Crippen molar-refractivity contribution >= 4 is 40.0 Å². The van der Waals surface area contributed by atoms with Gasteiger partial charge < -0.3 is 10.2 Å². The van der Waals surface area contributed by atoms with E-state index in [-0.39, 0.29) is 5.91 Å². The number of aromatic nitrogens is 1. The Labute approximate surface area is 185 Å². The Kier molecular flexibility index (Phi) is 5.58. The van der Waals surface area contributed by atoms with Crippen LogP contribution in [0.4, 0.5) is 11.4 Å². The number of carbonyl (C=O) groups is 1. The van der Waals surface area contributed by atoms with Crippen molar-refractivity contribution in [1.82, 2.24) is 9.88 Å². The van der Waals surface area contributed by atoms with Gasteiger partial charge in [-0.15, -0.1) is 11.3 Å². The fourth-order valence-electron chi connectivity index (χ4n) is 3.94. The van der Waals surface area contributed by atoms with Gasteiger partial charge in [-0.05, 0) is 55.3 Å². The van der Waals surface area contributed by atoms with Crippen molar-refractivity contribution in [3.63, 3.8) is 0 Å². The maximum atomic E-state index is 12.9. The number of carbonyl (C=O) groups excluding carboxylic acids is 1. The number of benzene rings is 1. The highest BCUT2D eigenvalue weighted by Crippen LogP contribution is 2.31. The molecule has 0 radical (unpaired) electrons. The van der Waals surface area contributed by atoms with Crippen molar-refractivity contribution in [2.75, 3.05) is 42.9 Å². The van der Waals surface area contributed by atoms with E-state index in [1.807, 2.05) is 30.5 Å². The lowest BCUT2D eigenvalue weighted by atomic mass is 10.2. The number of hydrogen-bond acceptors (Lipinski definition) is 6. The Morgan fingerprint density at radius 1 is 1.20 bits per heavy atom. The summed E-state index contributed by atoms with van der Waals surface area (Å²) in [4.78, 5) is 23.2. The molecule has 3 heterocycles. The van der Waals surface area contributed by atoms with Crippen molar-refractivity contribution in [3.05, 3.63) is 51.7 Å². The lowest BCUT2D eigenvalue weighted by Gasteiger charge is -2.36. The van der Waals surface area contributed by atoms with Crippen LogP contribution in [-0.4, -0.2) is 48.5 Å². The number of hydrogen-bond donors (Lipinski definition) is 1. The fourth-order valence-corrected chi connectivity index (χ4v) is 5.61. The number of amides is 1. The number of thiophene rings is 1. The number of nitrogens with zero attached hydrogens (tertiary/aromatic N) is 3. The molecule has 0 bridgehead atoms. The first-order valence-corrected chi connectivity index (χ1v) is 12.3. The molecule has 1 aliphatic heterocycles. The minimum atomic E-state index is -0.0853. The highest BCUT2D eigenvalue weighted by atomic mass is 32.1. The molecule has 30 heavy (non-hydrogen) atoms. The molecule has 1 saturated carbocycles. The maximum absolute atomic E-state index is 12.9. The molecule has 3 aromatic rings. The van der Waals surface area contributed by atoms with Crippen LogP contribution in [0.2, 0.25) is 0 Å².